The molecule has 0 aromatic heterocycles. The molecule has 1 saturated carbocycles. The van der Waals surface area contributed by atoms with E-state index in [-0.39, 0.29) is 0 Å². The summed E-state index contributed by atoms with van der Waals surface area (Å²) >= 11 is 12.1. The highest BCUT2D eigenvalue weighted by molar-refractivity contribution is 6.42. The van der Waals surface area contributed by atoms with Crippen LogP contribution in [0.1, 0.15) is 51.1 Å². The SMILES string of the molecule is CCC(NC1CCCC1C)c1ccc(Cl)c(Cl)c1. The fourth-order valence-corrected chi connectivity index (χ4v) is 3.14. The maximum atomic E-state index is 6.10. The second-order valence-corrected chi connectivity index (χ2v) is 6.13. The first-order valence-corrected chi connectivity index (χ1v) is 7.58. The minimum absolute atomic E-state index is 0.380. The number of benzene rings is 1. The van der Waals surface area contributed by atoms with Gasteiger partial charge in [-0.3, -0.25) is 0 Å². The first-order chi connectivity index (χ1) is 8.61. The van der Waals surface area contributed by atoms with Crippen LogP contribution in [0, 0.1) is 5.92 Å². The lowest BCUT2D eigenvalue weighted by molar-refractivity contribution is 0.370. The van der Waals surface area contributed by atoms with E-state index in [4.69, 9.17) is 23.2 Å². The van der Waals surface area contributed by atoms with Crippen LogP contribution in [0.5, 0.6) is 0 Å². The Labute approximate surface area is 120 Å². The Morgan fingerprint density at radius 2 is 2.06 bits per heavy atom. The molecule has 0 heterocycles. The highest BCUT2D eigenvalue weighted by Crippen LogP contribution is 2.30. The second kappa shape index (κ2) is 6.27. The van der Waals surface area contributed by atoms with Gasteiger partial charge in [-0.05, 0) is 42.9 Å². The van der Waals surface area contributed by atoms with Crippen LogP contribution in [0.3, 0.4) is 0 Å². The maximum absolute atomic E-state index is 6.10. The number of halogens is 2. The maximum Gasteiger partial charge on any atom is 0.0595 e. The first kappa shape index (κ1) is 14.2. The van der Waals surface area contributed by atoms with Gasteiger partial charge in [0.15, 0.2) is 0 Å². The summed E-state index contributed by atoms with van der Waals surface area (Å²) in [5.74, 6) is 0.779. The fourth-order valence-electron chi connectivity index (χ4n) is 2.83. The Morgan fingerprint density at radius 3 is 2.61 bits per heavy atom. The van der Waals surface area contributed by atoms with Gasteiger partial charge in [0.1, 0.15) is 0 Å². The first-order valence-electron chi connectivity index (χ1n) is 6.82. The number of rotatable bonds is 4. The van der Waals surface area contributed by atoms with Gasteiger partial charge in [0.05, 0.1) is 10.0 Å². The topological polar surface area (TPSA) is 12.0 Å². The van der Waals surface area contributed by atoms with Crippen molar-refractivity contribution in [2.24, 2.45) is 5.92 Å². The van der Waals surface area contributed by atoms with Crippen LogP contribution in [0.15, 0.2) is 18.2 Å². The smallest absolute Gasteiger partial charge is 0.0595 e. The fraction of sp³-hybridized carbons (Fsp3) is 0.600. The Kier molecular flexibility index (Phi) is 4.94. The van der Waals surface area contributed by atoms with Gasteiger partial charge in [-0.2, -0.15) is 0 Å². The van der Waals surface area contributed by atoms with Crippen LogP contribution >= 0.6 is 23.2 Å². The molecule has 1 fully saturated rings. The molecule has 1 aromatic rings. The van der Waals surface area contributed by atoms with E-state index >= 15 is 0 Å². The molecule has 0 bridgehead atoms. The third-order valence-electron chi connectivity index (χ3n) is 4.03. The summed E-state index contributed by atoms with van der Waals surface area (Å²) in [4.78, 5) is 0. The molecule has 0 amide bonds. The summed E-state index contributed by atoms with van der Waals surface area (Å²) in [5, 5.41) is 5.05. The Hall–Kier alpha value is -0.240. The third-order valence-corrected chi connectivity index (χ3v) is 4.77. The van der Waals surface area contributed by atoms with Gasteiger partial charge in [0.25, 0.3) is 0 Å². The lowest BCUT2D eigenvalue weighted by Gasteiger charge is -2.25. The van der Waals surface area contributed by atoms with Crippen molar-refractivity contribution in [3.05, 3.63) is 33.8 Å². The average Bonchev–Trinajstić information content (AvgIpc) is 2.75. The monoisotopic (exact) mass is 285 g/mol. The lowest BCUT2D eigenvalue weighted by atomic mass is 10.00. The molecule has 2 rings (SSSR count). The van der Waals surface area contributed by atoms with Crippen molar-refractivity contribution in [2.75, 3.05) is 0 Å². The van der Waals surface area contributed by atoms with Crippen LogP contribution in [-0.2, 0) is 0 Å². The summed E-state index contributed by atoms with van der Waals surface area (Å²) in [6.07, 6.45) is 5.05. The molecule has 0 spiro atoms. The van der Waals surface area contributed by atoms with Crippen LogP contribution in [-0.4, -0.2) is 6.04 Å². The van der Waals surface area contributed by atoms with Gasteiger partial charge in [0.2, 0.25) is 0 Å². The standard InChI is InChI=1S/C15H21Cl2N/c1-3-14(18-15-6-4-5-10(15)2)11-7-8-12(16)13(17)9-11/h7-10,14-15,18H,3-6H2,1-2H3. The van der Waals surface area contributed by atoms with Crippen molar-refractivity contribution in [1.29, 1.82) is 0 Å². The second-order valence-electron chi connectivity index (χ2n) is 5.32. The minimum atomic E-state index is 0.380. The molecule has 3 atom stereocenters. The average molecular weight is 286 g/mol. The van der Waals surface area contributed by atoms with Crippen molar-refractivity contribution in [3.63, 3.8) is 0 Å². The molecular formula is C15H21Cl2N. The zero-order valence-corrected chi connectivity index (χ0v) is 12.6. The zero-order chi connectivity index (χ0) is 13.1. The van der Waals surface area contributed by atoms with E-state index in [1.807, 2.05) is 12.1 Å². The highest BCUT2D eigenvalue weighted by atomic mass is 35.5. The predicted octanol–water partition coefficient (Wildman–Crippen LogP) is 5.22. The zero-order valence-electron chi connectivity index (χ0n) is 11.0. The van der Waals surface area contributed by atoms with Gasteiger partial charge in [-0.25, -0.2) is 0 Å². The van der Waals surface area contributed by atoms with E-state index in [0.717, 1.165) is 12.3 Å². The largest absolute Gasteiger partial charge is 0.307 e. The molecule has 0 saturated heterocycles. The molecule has 0 radical (unpaired) electrons. The van der Waals surface area contributed by atoms with E-state index in [2.05, 4.69) is 25.2 Å². The number of hydrogen-bond donors (Lipinski definition) is 1. The molecule has 1 N–H and O–H groups in total. The summed E-state index contributed by atoms with van der Waals surface area (Å²) in [7, 11) is 0. The van der Waals surface area contributed by atoms with Crippen molar-refractivity contribution >= 4 is 23.2 Å². The predicted molar refractivity (Wildman–Crippen MR) is 79.4 cm³/mol. The quantitative estimate of drug-likeness (QED) is 0.799. The summed E-state index contributed by atoms with van der Waals surface area (Å²) in [6.45, 7) is 4.55. The van der Waals surface area contributed by atoms with E-state index < -0.39 is 0 Å². The third kappa shape index (κ3) is 3.20. The van der Waals surface area contributed by atoms with Crippen molar-refractivity contribution < 1.29 is 0 Å². The van der Waals surface area contributed by atoms with Gasteiger partial charge in [-0.1, -0.05) is 49.5 Å². The Bertz CT molecular complexity index is 405. The number of hydrogen-bond acceptors (Lipinski definition) is 1. The van der Waals surface area contributed by atoms with E-state index in [9.17, 15) is 0 Å². The van der Waals surface area contributed by atoms with E-state index in [1.54, 1.807) is 0 Å². The van der Waals surface area contributed by atoms with Crippen molar-refractivity contribution in [2.45, 2.75) is 51.6 Å². The van der Waals surface area contributed by atoms with Crippen LogP contribution in [0.4, 0.5) is 0 Å². The normalized spacial score (nSPS) is 25.3. The molecule has 1 nitrogen and oxygen atoms in total. The van der Waals surface area contributed by atoms with E-state index in [0.29, 0.717) is 22.1 Å². The highest BCUT2D eigenvalue weighted by Gasteiger charge is 2.25. The molecular weight excluding hydrogens is 265 g/mol. The molecule has 3 heteroatoms. The van der Waals surface area contributed by atoms with Gasteiger partial charge in [-0.15, -0.1) is 0 Å². The minimum Gasteiger partial charge on any atom is -0.307 e. The summed E-state index contributed by atoms with van der Waals surface area (Å²) in [5.41, 5.74) is 1.24. The van der Waals surface area contributed by atoms with Gasteiger partial charge < -0.3 is 5.32 Å². The van der Waals surface area contributed by atoms with Crippen LogP contribution in [0.25, 0.3) is 0 Å². The lowest BCUT2D eigenvalue weighted by Crippen LogP contribution is -2.34. The van der Waals surface area contributed by atoms with Crippen molar-refractivity contribution in [3.8, 4) is 0 Å². The summed E-state index contributed by atoms with van der Waals surface area (Å²) < 4.78 is 0. The summed E-state index contributed by atoms with van der Waals surface area (Å²) in [6, 6.07) is 6.98. The molecule has 1 aliphatic rings. The van der Waals surface area contributed by atoms with Crippen LogP contribution in [0.2, 0.25) is 10.0 Å². The molecule has 1 aromatic carbocycles. The number of nitrogens with one attached hydrogen (secondary N) is 1. The van der Waals surface area contributed by atoms with Gasteiger partial charge >= 0.3 is 0 Å². The van der Waals surface area contributed by atoms with E-state index in [1.165, 1.54) is 24.8 Å². The van der Waals surface area contributed by atoms with Crippen molar-refractivity contribution in [1.82, 2.24) is 5.32 Å². The molecule has 18 heavy (non-hydrogen) atoms. The Morgan fingerprint density at radius 1 is 1.28 bits per heavy atom. The molecule has 1 aliphatic carbocycles. The Balaban J connectivity index is 2.10. The van der Waals surface area contributed by atoms with Crippen LogP contribution < -0.4 is 5.32 Å². The molecule has 0 aliphatic heterocycles. The molecule has 100 valence electrons. The van der Waals surface area contributed by atoms with Gasteiger partial charge in [0, 0.05) is 12.1 Å². The molecule has 3 unspecified atom stereocenters.